The predicted octanol–water partition coefficient (Wildman–Crippen LogP) is 3.57. The molecule has 0 saturated heterocycles. The first-order chi connectivity index (χ1) is 7.77. The average molecular weight is 217 g/mol. The first-order valence-corrected chi connectivity index (χ1v) is 6.55. The van der Waals surface area contributed by atoms with Gasteiger partial charge in [0, 0.05) is 12.6 Å². The zero-order chi connectivity index (χ0) is 11.4. The lowest BCUT2D eigenvalue weighted by Crippen LogP contribution is -2.33. The van der Waals surface area contributed by atoms with Gasteiger partial charge in [-0.15, -0.1) is 0 Å². The summed E-state index contributed by atoms with van der Waals surface area (Å²) in [4.78, 5) is 0. The number of benzene rings is 1. The quantitative estimate of drug-likeness (QED) is 0.813. The van der Waals surface area contributed by atoms with Gasteiger partial charge in [0.05, 0.1) is 0 Å². The number of nitrogens with one attached hydrogen (secondary N) is 1. The highest BCUT2D eigenvalue weighted by atomic mass is 14.9. The van der Waals surface area contributed by atoms with Gasteiger partial charge in [0.15, 0.2) is 0 Å². The average Bonchev–Trinajstić information content (AvgIpc) is 2.73. The van der Waals surface area contributed by atoms with Crippen LogP contribution in [0, 0.1) is 5.92 Å². The normalized spacial score (nSPS) is 26.9. The van der Waals surface area contributed by atoms with E-state index in [0.29, 0.717) is 5.92 Å². The van der Waals surface area contributed by atoms with E-state index < -0.39 is 0 Å². The molecule has 3 unspecified atom stereocenters. The van der Waals surface area contributed by atoms with Crippen molar-refractivity contribution in [3.8, 4) is 0 Å². The van der Waals surface area contributed by atoms with Crippen LogP contribution >= 0.6 is 0 Å². The van der Waals surface area contributed by atoms with E-state index in [1.807, 2.05) is 0 Å². The third-order valence-electron chi connectivity index (χ3n) is 3.92. The molecule has 3 atom stereocenters. The van der Waals surface area contributed by atoms with Crippen molar-refractivity contribution in [2.45, 2.75) is 45.1 Å². The number of rotatable bonds is 4. The molecule has 1 N–H and O–H groups in total. The van der Waals surface area contributed by atoms with E-state index in [4.69, 9.17) is 0 Å². The first kappa shape index (κ1) is 11.7. The van der Waals surface area contributed by atoms with Crippen LogP contribution in [0.1, 0.15) is 44.6 Å². The van der Waals surface area contributed by atoms with Crippen molar-refractivity contribution in [1.29, 1.82) is 0 Å². The summed E-state index contributed by atoms with van der Waals surface area (Å²) in [6.45, 7) is 5.79. The molecule has 1 saturated carbocycles. The fraction of sp³-hybridized carbons (Fsp3) is 0.600. The summed E-state index contributed by atoms with van der Waals surface area (Å²) in [5, 5.41) is 3.73. The molecule has 1 aromatic rings. The van der Waals surface area contributed by atoms with Gasteiger partial charge in [-0.25, -0.2) is 0 Å². The van der Waals surface area contributed by atoms with Gasteiger partial charge in [-0.05, 0) is 30.2 Å². The van der Waals surface area contributed by atoms with E-state index in [1.165, 1.54) is 24.8 Å². The Bertz CT molecular complexity index is 306. The van der Waals surface area contributed by atoms with E-state index in [-0.39, 0.29) is 0 Å². The fourth-order valence-electron chi connectivity index (χ4n) is 2.68. The molecule has 0 radical (unpaired) electrons. The van der Waals surface area contributed by atoms with Gasteiger partial charge in [-0.1, -0.05) is 50.6 Å². The van der Waals surface area contributed by atoms with E-state index in [0.717, 1.165) is 18.5 Å². The van der Waals surface area contributed by atoms with Crippen LogP contribution in [0.5, 0.6) is 0 Å². The first-order valence-electron chi connectivity index (χ1n) is 6.55. The molecule has 16 heavy (non-hydrogen) atoms. The van der Waals surface area contributed by atoms with Gasteiger partial charge < -0.3 is 5.32 Å². The molecule has 1 nitrogen and oxygen atoms in total. The SMILES string of the molecule is CC(CNC1CCCC1C)c1ccccc1. The molecule has 1 aromatic carbocycles. The molecule has 1 aliphatic rings. The Morgan fingerprint density at radius 1 is 1.25 bits per heavy atom. The fourth-order valence-corrected chi connectivity index (χ4v) is 2.68. The Morgan fingerprint density at radius 3 is 2.62 bits per heavy atom. The lowest BCUT2D eigenvalue weighted by atomic mass is 10.00. The second-order valence-corrected chi connectivity index (χ2v) is 5.23. The zero-order valence-corrected chi connectivity index (χ0v) is 10.4. The third-order valence-corrected chi connectivity index (χ3v) is 3.92. The summed E-state index contributed by atoms with van der Waals surface area (Å²) in [6.07, 6.45) is 4.17. The van der Waals surface area contributed by atoms with Gasteiger partial charge in [0.25, 0.3) is 0 Å². The van der Waals surface area contributed by atoms with Crippen LogP contribution < -0.4 is 5.32 Å². The summed E-state index contributed by atoms with van der Waals surface area (Å²) >= 11 is 0. The molecule has 1 heteroatoms. The monoisotopic (exact) mass is 217 g/mol. The molecule has 88 valence electrons. The van der Waals surface area contributed by atoms with Crippen molar-refractivity contribution in [2.75, 3.05) is 6.54 Å². The molecule has 0 spiro atoms. The van der Waals surface area contributed by atoms with Gasteiger partial charge in [0.1, 0.15) is 0 Å². The third kappa shape index (κ3) is 2.85. The Balaban J connectivity index is 1.82. The zero-order valence-electron chi connectivity index (χ0n) is 10.4. The van der Waals surface area contributed by atoms with Crippen LogP contribution in [0.2, 0.25) is 0 Å². The van der Waals surface area contributed by atoms with Crippen molar-refractivity contribution >= 4 is 0 Å². The maximum Gasteiger partial charge on any atom is 0.00929 e. The molecule has 0 amide bonds. The molecule has 1 fully saturated rings. The highest BCUT2D eigenvalue weighted by Gasteiger charge is 2.22. The standard InChI is InChI=1S/C15H23N/c1-12-7-6-10-15(12)16-11-13(2)14-8-4-3-5-9-14/h3-5,8-9,12-13,15-16H,6-7,10-11H2,1-2H3. The van der Waals surface area contributed by atoms with Crippen LogP contribution in [0.15, 0.2) is 30.3 Å². The molecular formula is C15H23N. The maximum absolute atomic E-state index is 3.73. The molecule has 0 bridgehead atoms. The highest BCUT2D eigenvalue weighted by molar-refractivity contribution is 5.19. The van der Waals surface area contributed by atoms with Crippen molar-refractivity contribution in [1.82, 2.24) is 5.32 Å². The van der Waals surface area contributed by atoms with E-state index in [2.05, 4.69) is 49.5 Å². The topological polar surface area (TPSA) is 12.0 Å². The lowest BCUT2D eigenvalue weighted by Gasteiger charge is -2.20. The highest BCUT2D eigenvalue weighted by Crippen LogP contribution is 2.25. The van der Waals surface area contributed by atoms with Crippen LogP contribution in [0.3, 0.4) is 0 Å². The molecule has 0 aromatic heterocycles. The van der Waals surface area contributed by atoms with Gasteiger partial charge in [0.2, 0.25) is 0 Å². The Hall–Kier alpha value is -0.820. The summed E-state index contributed by atoms with van der Waals surface area (Å²) in [5.41, 5.74) is 1.45. The molecule has 1 aliphatic carbocycles. The van der Waals surface area contributed by atoms with Crippen molar-refractivity contribution in [2.24, 2.45) is 5.92 Å². The number of hydrogen-bond donors (Lipinski definition) is 1. The minimum absolute atomic E-state index is 0.619. The predicted molar refractivity (Wildman–Crippen MR) is 69.7 cm³/mol. The Labute approximate surface area is 99.3 Å². The van der Waals surface area contributed by atoms with Crippen LogP contribution in [-0.2, 0) is 0 Å². The van der Waals surface area contributed by atoms with E-state index in [1.54, 1.807) is 0 Å². The largest absolute Gasteiger partial charge is 0.313 e. The van der Waals surface area contributed by atoms with E-state index in [9.17, 15) is 0 Å². The second-order valence-electron chi connectivity index (χ2n) is 5.23. The van der Waals surface area contributed by atoms with Crippen LogP contribution in [0.4, 0.5) is 0 Å². The lowest BCUT2D eigenvalue weighted by molar-refractivity contribution is 0.416. The maximum atomic E-state index is 3.73. The van der Waals surface area contributed by atoms with Crippen molar-refractivity contribution in [3.63, 3.8) is 0 Å². The summed E-state index contributed by atoms with van der Waals surface area (Å²) < 4.78 is 0. The molecule has 0 aliphatic heterocycles. The summed E-state index contributed by atoms with van der Waals surface area (Å²) in [5.74, 6) is 1.48. The summed E-state index contributed by atoms with van der Waals surface area (Å²) in [6, 6.07) is 11.6. The van der Waals surface area contributed by atoms with Gasteiger partial charge in [-0.3, -0.25) is 0 Å². The minimum atomic E-state index is 0.619. The molecule has 0 heterocycles. The van der Waals surface area contributed by atoms with E-state index >= 15 is 0 Å². The second kappa shape index (κ2) is 5.49. The molecular weight excluding hydrogens is 194 g/mol. The van der Waals surface area contributed by atoms with Gasteiger partial charge >= 0.3 is 0 Å². The Morgan fingerprint density at radius 2 is 2.00 bits per heavy atom. The number of hydrogen-bond acceptors (Lipinski definition) is 1. The van der Waals surface area contributed by atoms with Crippen LogP contribution in [-0.4, -0.2) is 12.6 Å². The smallest absolute Gasteiger partial charge is 0.00929 e. The van der Waals surface area contributed by atoms with Crippen LogP contribution in [0.25, 0.3) is 0 Å². The van der Waals surface area contributed by atoms with Crippen molar-refractivity contribution < 1.29 is 0 Å². The summed E-state index contributed by atoms with van der Waals surface area (Å²) in [7, 11) is 0. The van der Waals surface area contributed by atoms with Gasteiger partial charge in [-0.2, -0.15) is 0 Å². The Kier molecular flexibility index (Phi) is 4.00. The van der Waals surface area contributed by atoms with Crippen molar-refractivity contribution in [3.05, 3.63) is 35.9 Å². The minimum Gasteiger partial charge on any atom is -0.313 e. The molecule has 2 rings (SSSR count).